The zero-order valence-corrected chi connectivity index (χ0v) is 15.4. The Bertz CT molecular complexity index is 1210. The number of halogens is 3. The SMILES string of the molecule is [C-]#[N+]c1cnc2ccc(-c3c(-c4ccc(F)c(Cl)c4)ncn3CCCF)cn12. The van der Waals surface area contributed by atoms with Crippen LogP contribution in [-0.4, -0.2) is 25.6 Å². The van der Waals surface area contributed by atoms with Crippen LogP contribution in [0.25, 0.3) is 33.0 Å². The summed E-state index contributed by atoms with van der Waals surface area (Å²) in [5.41, 5.74) is 3.42. The number of aromatic nitrogens is 4. The summed E-state index contributed by atoms with van der Waals surface area (Å²) < 4.78 is 29.9. The van der Waals surface area contributed by atoms with Gasteiger partial charge in [-0.2, -0.15) is 0 Å². The lowest BCUT2D eigenvalue weighted by atomic mass is 10.1. The van der Waals surface area contributed by atoms with Gasteiger partial charge in [0.2, 0.25) is 5.65 Å². The van der Waals surface area contributed by atoms with Crippen LogP contribution in [0, 0.1) is 12.4 Å². The van der Waals surface area contributed by atoms with Crippen LogP contribution in [0.2, 0.25) is 5.02 Å². The molecule has 3 heterocycles. The maximum absolute atomic E-state index is 13.6. The minimum Gasteiger partial charge on any atom is -0.362 e. The van der Waals surface area contributed by atoms with Gasteiger partial charge >= 0.3 is 0 Å². The van der Waals surface area contributed by atoms with Gasteiger partial charge in [0.15, 0.2) is 0 Å². The minimum absolute atomic E-state index is 0.00196. The van der Waals surface area contributed by atoms with Gasteiger partial charge in [-0.1, -0.05) is 18.2 Å². The lowest BCUT2D eigenvalue weighted by molar-refractivity contribution is 0.447. The number of alkyl halides is 1. The van der Waals surface area contributed by atoms with Crippen molar-refractivity contribution in [2.24, 2.45) is 0 Å². The Morgan fingerprint density at radius 1 is 1.14 bits per heavy atom. The summed E-state index contributed by atoms with van der Waals surface area (Å²) in [6.45, 7) is 7.29. The number of rotatable bonds is 5. The number of nitrogens with zero attached hydrogens (tertiary/aromatic N) is 5. The van der Waals surface area contributed by atoms with Crippen molar-refractivity contribution in [3.8, 4) is 22.5 Å². The molecule has 140 valence electrons. The molecule has 0 spiro atoms. The molecule has 0 aliphatic carbocycles. The molecule has 0 saturated carbocycles. The molecular weight excluding hydrogens is 384 g/mol. The maximum Gasteiger partial charge on any atom is 0.254 e. The van der Waals surface area contributed by atoms with E-state index in [0.717, 1.165) is 11.3 Å². The topological polar surface area (TPSA) is 39.5 Å². The van der Waals surface area contributed by atoms with E-state index in [4.69, 9.17) is 18.2 Å². The fraction of sp³-hybridized carbons (Fsp3) is 0.150. The molecule has 3 aromatic heterocycles. The largest absolute Gasteiger partial charge is 0.362 e. The molecule has 0 radical (unpaired) electrons. The Morgan fingerprint density at radius 3 is 2.71 bits per heavy atom. The monoisotopic (exact) mass is 397 g/mol. The van der Waals surface area contributed by atoms with Crippen LogP contribution in [-0.2, 0) is 6.54 Å². The number of benzene rings is 1. The molecule has 4 aromatic rings. The number of aryl methyl sites for hydroxylation is 1. The molecule has 8 heteroatoms. The number of imidazole rings is 2. The lowest BCUT2D eigenvalue weighted by Gasteiger charge is -2.10. The van der Waals surface area contributed by atoms with Crippen LogP contribution >= 0.6 is 11.6 Å². The highest BCUT2D eigenvalue weighted by atomic mass is 35.5. The van der Waals surface area contributed by atoms with Crippen molar-refractivity contribution in [1.82, 2.24) is 18.9 Å². The van der Waals surface area contributed by atoms with Gasteiger partial charge in [-0.3, -0.25) is 4.39 Å². The minimum atomic E-state index is -0.509. The van der Waals surface area contributed by atoms with Gasteiger partial charge in [0, 0.05) is 23.7 Å². The first-order valence-corrected chi connectivity index (χ1v) is 8.91. The smallest absolute Gasteiger partial charge is 0.254 e. The van der Waals surface area contributed by atoms with Crippen molar-refractivity contribution >= 4 is 23.1 Å². The van der Waals surface area contributed by atoms with Crippen LogP contribution in [0.3, 0.4) is 0 Å². The normalized spacial score (nSPS) is 11.1. The Kier molecular flexibility index (Phi) is 4.80. The van der Waals surface area contributed by atoms with E-state index in [-0.39, 0.29) is 5.02 Å². The fourth-order valence-electron chi connectivity index (χ4n) is 3.13. The Hall–Kier alpha value is -3.24. The predicted molar refractivity (Wildman–Crippen MR) is 104 cm³/mol. The molecule has 0 aliphatic rings. The molecule has 0 N–H and O–H groups in total. The third kappa shape index (κ3) is 3.12. The zero-order valence-electron chi connectivity index (χ0n) is 14.6. The third-order valence-electron chi connectivity index (χ3n) is 4.44. The quantitative estimate of drug-likeness (QED) is 0.413. The average Bonchev–Trinajstić information content (AvgIpc) is 3.31. The van der Waals surface area contributed by atoms with Crippen molar-refractivity contribution in [3.63, 3.8) is 0 Å². The standard InChI is InChI=1S/C20H14ClF2N5/c1-24-18-10-25-17-6-4-14(11-28(17)18)20-19(26-12-27(20)8-2-7-22)13-3-5-16(23)15(21)9-13/h3-6,9-12H,2,7-8H2. The molecule has 0 aliphatic heterocycles. The number of pyridine rings is 1. The Labute approximate surface area is 164 Å². The molecule has 0 unspecified atom stereocenters. The fourth-order valence-corrected chi connectivity index (χ4v) is 3.31. The molecule has 4 rings (SSSR count). The van der Waals surface area contributed by atoms with Gasteiger partial charge in [0.25, 0.3) is 5.82 Å². The van der Waals surface area contributed by atoms with Crippen LogP contribution in [0.5, 0.6) is 0 Å². The van der Waals surface area contributed by atoms with Crippen LogP contribution in [0.15, 0.2) is 49.1 Å². The van der Waals surface area contributed by atoms with Crippen molar-refractivity contribution in [3.05, 3.63) is 71.3 Å². The van der Waals surface area contributed by atoms with E-state index in [9.17, 15) is 8.78 Å². The Morgan fingerprint density at radius 2 is 1.96 bits per heavy atom. The molecule has 0 bridgehead atoms. The maximum atomic E-state index is 13.6. The molecule has 0 fully saturated rings. The van der Waals surface area contributed by atoms with E-state index in [0.29, 0.717) is 35.7 Å². The number of hydrogen-bond acceptors (Lipinski definition) is 2. The molecule has 0 atom stereocenters. The molecular formula is C20H14ClF2N5. The zero-order chi connectivity index (χ0) is 19.7. The predicted octanol–water partition coefficient (Wildman–Crippen LogP) is 5.57. The molecule has 0 amide bonds. The average molecular weight is 398 g/mol. The first kappa shape index (κ1) is 18.1. The molecule has 1 aromatic carbocycles. The van der Waals surface area contributed by atoms with Crippen molar-refractivity contribution in [1.29, 1.82) is 0 Å². The van der Waals surface area contributed by atoms with Gasteiger partial charge in [-0.15, -0.1) is 0 Å². The number of hydrogen-bond donors (Lipinski definition) is 0. The highest BCUT2D eigenvalue weighted by Crippen LogP contribution is 2.34. The second-order valence-electron chi connectivity index (χ2n) is 6.18. The van der Waals surface area contributed by atoms with E-state index in [1.165, 1.54) is 18.3 Å². The highest BCUT2D eigenvalue weighted by molar-refractivity contribution is 6.31. The second-order valence-corrected chi connectivity index (χ2v) is 6.59. The van der Waals surface area contributed by atoms with E-state index in [1.807, 2.05) is 10.6 Å². The summed E-state index contributed by atoms with van der Waals surface area (Å²) in [4.78, 5) is 12.1. The summed E-state index contributed by atoms with van der Waals surface area (Å²) in [6, 6.07) is 8.08. The van der Waals surface area contributed by atoms with Gasteiger partial charge in [0.1, 0.15) is 5.82 Å². The number of fused-ring (bicyclic) bond motifs is 1. The third-order valence-corrected chi connectivity index (χ3v) is 4.73. The first-order chi connectivity index (χ1) is 13.6. The summed E-state index contributed by atoms with van der Waals surface area (Å²) in [6.07, 6.45) is 5.28. The van der Waals surface area contributed by atoms with Crippen LogP contribution < -0.4 is 0 Å². The summed E-state index contributed by atoms with van der Waals surface area (Å²) in [5.74, 6) is -0.122. The Balaban J connectivity index is 1.92. The summed E-state index contributed by atoms with van der Waals surface area (Å²) in [5, 5.41) is 0.00196. The van der Waals surface area contributed by atoms with E-state index in [1.54, 1.807) is 29.1 Å². The molecule has 5 nitrogen and oxygen atoms in total. The van der Waals surface area contributed by atoms with Crippen molar-refractivity contribution in [2.45, 2.75) is 13.0 Å². The van der Waals surface area contributed by atoms with Crippen LogP contribution in [0.4, 0.5) is 14.6 Å². The molecule has 28 heavy (non-hydrogen) atoms. The van der Waals surface area contributed by atoms with Crippen molar-refractivity contribution < 1.29 is 8.78 Å². The van der Waals surface area contributed by atoms with Crippen molar-refractivity contribution in [2.75, 3.05) is 6.67 Å². The van der Waals surface area contributed by atoms with Gasteiger partial charge < -0.3 is 9.41 Å². The summed E-state index contributed by atoms with van der Waals surface area (Å²) >= 11 is 5.95. The lowest BCUT2D eigenvalue weighted by Crippen LogP contribution is -2.01. The molecule has 0 saturated heterocycles. The van der Waals surface area contributed by atoms with Gasteiger partial charge in [0.05, 0.1) is 41.8 Å². The van der Waals surface area contributed by atoms with Gasteiger partial charge in [-0.25, -0.2) is 18.8 Å². The highest BCUT2D eigenvalue weighted by Gasteiger charge is 2.18. The first-order valence-electron chi connectivity index (χ1n) is 8.54. The summed E-state index contributed by atoms with van der Waals surface area (Å²) in [7, 11) is 0. The van der Waals surface area contributed by atoms with E-state index < -0.39 is 12.5 Å². The van der Waals surface area contributed by atoms with E-state index in [2.05, 4.69) is 14.8 Å². The van der Waals surface area contributed by atoms with Gasteiger partial charge in [-0.05, 0) is 30.7 Å². The van der Waals surface area contributed by atoms with Crippen LogP contribution in [0.1, 0.15) is 6.42 Å². The second kappa shape index (κ2) is 7.41. The van der Waals surface area contributed by atoms with E-state index >= 15 is 0 Å².